The van der Waals surface area contributed by atoms with Crippen LogP contribution in [0.5, 0.6) is 0 Å². The Bertz CT molecular complexity index is 140. The van der Waals surface area contributed by atoms with Gasteiger partial charge >= 0.3 is 6.09 Å². The molecular weight excluding hydrogens is 137 g/mol. The third-order valence-corrected chi connectivity index (χ3v) is 1.74. The minimum atomic E-state index is -1.13. The second-order valence-corrected chi connectivity index (χ2v) is 2.50. The summed E-state index contributed by atoms with van der Waals surface area (Å²) in [6.07, 6.45) is -0.199. The smallest absolute Gasteiger partial charge is 0.404 e. The van der Waals surface area contributed by atoms with Crippen molar-refractivity contribution in [3.8, 4) is 0 Å². The van der Waals surface area contributed by atoms with E-state index in [1.807, 2.05) is 0 Å². The highest BCUT2D eigenvalue weighted by Crippen LogP contribution is 2.21. The van der Waals surface area contributed by atoms with E-state index >= 15 is 0 Å². The van der Waals surface area contributed by atoms with Crippen molar-refractivity contribution >= 4 is 6.09 Å². The average Bonchev–Trinajstić information content (AvgIpc) is 2.15. The molecule has 0 aliphatic heterocycles. The molecule has 0 spiro atoms. The molecule has 1 aliphatic rings. The number of halogens is 1. The Labute approximate surface area is 58.2 Å². The van der Waals surface area contributed by atoms with Gasteiger partial charge in [-0.3, -0.25) is 0 Å². The van der Waals surface area contributed by atoms with Crippen LogP contribution in [0.15, 0.2) is 0 Å². The maximum absolute atomic E-state index is 12.6. The van der Waals surface area contributed by atoms with Crippen molar-refractivity contribution in [1.82, 2.24) is 5.32 Å². The quantitative estimate of drug-likeness (QED) is 0.584. The van der Waals surface area contributed by atoms with Gasteiger partial charge in [-0.25, -0.2) is 9.18 Å². The van der Waals surface area contributed by atoms with Crippen LogP contribution in [-0.2, 0) is 0 Å². The predicted molar refractivity (Wildman–Crippen MR) is 33.7 cm³/mol. The first-order chi connectivity index (χ1) is 4.70. The SMILES string of the molecule is O=C(O)N[C@@H]1CCC[C@H]1F. The van der Waals surface area contributed by atoms with Gasteiger partial charge in [-0.15, -0.1) is 0 Å². The molecule has 0 saturated heterocycles. The summed E-state index contributed by atoms with van der Waals surface area (Å²) in [5, 5.41) is 10.3. The summed E-state index contributed by atoms with van der Waals surface area (Å²) in [5.41, 5.74) is 0. The number of carbonyl (C=O) groups is 1. The van der Waals surface area contributed by atoms with Crippen molar-refractivity contribution in [1.29, 1.82) is 0 Å². The Morgan fingerprint density at radius 2 is 2.30 bits per heavy atom. The Balaban J connectivity index is 2.33. The molecule has 3 nitrogen and oxygen atoms in total. The lowest BCUT2D eigenvalue weighted by molar-refractivity contribution is 0.181. The molecule has 1 amide bonds. The van der Waals surface area contributed by atoms with Crippen LogP contribution in [0.1, 0.15) is 19.3 Å². The number of carboxylic acid groups (broad SMARTS) is 1. The second kappa shape index (κ2) is 2.86. The first-order valence-electron chi connectivity index (χ1n) is 3.33. The summed E-state index contributed by atoms with van der Waals surface area (Å²) in [4.78, 5) is 10.0. The summed E-state index contributed by atoms with van der Waals surface area (Å²) >= 11 is 0. The van der Waals surface area contributed by atoms with Gasteiger partial charge in [0.25, 0.3) is 0 Å². The normalized spacial score (nSPS) is 32.1. The number of alkyl halides is 1. The molecule has 0 aromatic rings. The molecule has 0 bridgehead atoms. The Morgan fingerprint density at radius 3 is 2.70 bits per heavy atom. The highest BCUT2D eigenvalue weighted by molar-refractivity contribution is 5.65. The minimum Gasteiger partial charge on any atom is -0.465 e. The summed E-state index contributed by atoms with van der Waals surface area (Å²) in [6, 6.07) is -0.461. The third kappa shape index (κ3) is 1.59. The van der Waals surface area contributed by atoms with E-state index in [9.17, 15) is 9.18 Å². The van der Waals surface area contributed by atoms with Gasteiger partial charge in [0.2, 0.25) is 0 Å². The van der Waals surface area contributed by atoms with Crippen molar-refractivity contribution < 1.29 is 14.3 Å². The number of nitrogens with one attached hydrogen (secondary N) is 1. The zero-order valence-corrected chi connectivity index (χ0v) is 5.51. The molecule has 0 radical (unpaired) electrons. The lowest BCUT2D eigenvalue weighted by Crippen LogP contribution is -2.37. The Kier molecular flexibility index (Phi) is 2.09. The van der Waals surface area contributed by atoms with Crippen molar-refractivity contribution in [2.45, 2.75) is 31.5 Å². The fourth-order valence-corrected chi connectivity index (χ4v) is 1.24. The van der Waals surface area contributed by atoms with Crippen molar-refractivity contribution in [2.24, 2.45) is 0 Å². The van der Waals surface area contributed by atoms with Crippen molar-refractivity contribution in [2.75, 3.05) is 0 Å². The van der Waals surface area contributed by atoms with Crippen molar-refractivity contribution in [3.05, 3.63) is 0 Å². The van der Waals surface area contributed by atoms with E-state index in [-0.39, 0.29) is 0 Å². The maximum atomic E-state index is 12.6. The second-order valence-electron chi connectivity index (χ2n) is 2.50. The van der Waals surface area contributed by atoms with Crippen LogP contribution in [0.4, 0.5) is 9.18 Å². The highest BCUT2D eigenvalue weighted by atomic mass is 19.1. The van der Waals surface area contributed by atoms with Gasteiger partial charge in [0.1, 0.15) is 6.17 Å². The summed E-state index contributed by atoms with van der Waals surface area (Å²) in [7, 11) is 0. The van der Waals surface area contributed by atoms with Gasteiger partial charge in [-0.05, 0) is 19.3 Å². The van der Waals surface area contributed by atoms with Crippen LogP contribution in [0.2, 0.25) is 0 Å². The van der Waals surface area contributed by atoms with E-state index in [0.29, 0.717) is 12.8 Å². The van der Waals surface area contributed by atoms with Crippen LogP contribution in [0.3, 0.4) is 0 Å². The number of hydrogen-bond donors (Lipinski definition) is 2. The van der Waals surface area contributed by atoms with Gasteiger partial charge in [0.15, 0.2) is 0 Å². The number of hydrogen-bond acceptors (Lipinski definition) is 1. The lowest BCUT2D eigenvalue weighted by atomic mass is 10.2. The van der Waals surface area contributed by atoms with E-state index in [1.165, 1.54) is 0 Å². The van der Waals surface area contributed by atoms with Crippen LogP contribution < -0.4 is 5.32 Å². The van der Waals surface area contributed by atoms with E-state index in [0.717, 1.165) is 6.42 Å². The number of amides is 1. The van der Waals surface area contributed by atoms with Crippen LogP contribution in [0, 0.1) is 0 Å². The van der Waals surface area contributed by atoms with Crippen LogP contribution in [0.25, 0.3) is 0 Å². The molecule has 4 heteroatoms. The molecule has 1 saturated carbocycles. The summed E-state index contributed by atoms with van der Waals surface area (Å²) in [6.45, 7) is 0. The fraction of sp³-hybridized carbons (Fsp3) is 0.833. The standard InChI is InChI=1S/C6H10FNO2/c7-4-2-1-3-5(4)8-6(9)10/h4-5,8H,1-3H2,(H,9,10)/t4-,5-/m1/s1. The maximum Gasteiger partial charge on any atom is 0.404 e. The van der Waals surface area contributed by atoms with Crippen molar-refractivity contribution in [3.63, 3.8) is 0 Å². The predicted octanol–water partition coefficient (Wildman–Crippen LogP) is 1.14. The Morgan fingerprint density at radius 1 is 1.60 bits per heavy atom. The van der Waals surface area contributed by atoms with E-state index in [1.54, 1.807) is 0 Å². The molecule has 58 valence electrons. The van der Waals surface area contributed by atoms with Gasteiger partial charge in [0, 0.05) is 0 Å². The summed E-state index contributed by atoms with van der Waals surface area (Å²) in [5.74, 6) is 0. The zero-order chi connectivity index (χ0) is 7.56. The molecule has 1 aliphatic carbocycles. The molecule has 2 atom stereocenters. The molecule has 1 rings (SSSR count). The molecule has 0 unspecified atom stereocenters. The third-order valence-electron chi connectivity index (χ3n) is 1.74. The monoisotopic (exact) mass is 147 g/mol. The zero-order valence-electron chi connectivity index (χ0n) is 5.51. The largest absolute Gasteiger partial charge is 0.465 e. The highest BCUT2D eigenvalue weighted by Gasteiger charge is 2.27. The summed E-state index contributed by atoms with van der Waals surface area (Å²) < 4.78 is 12.6. The first kappa shape index (κ1) is 7.31. The molecule has 0 aromatic heterocycles. The van der Waals surface area contributed by atoms with Crippen LogP contribution in [-0.4, -0.2) is 23.4 Å². The van der Waals surface area contributed by atoms with E-state index in [4.69, 9.17) is 5.11 Å². The van der Waals surface area contributed by atoms with Crippen LogP contribution >= 0.6 is 0 Å². The molecule has 0 aromatic carbocycles. The van der Waals surface area contributed by atoms with E-state index in [2.05, 4.69) is 5.32 Å². The fourth-order valence-electron chi connectivity index (χ4n) is 1.24. The molecule has 2 N–H and O–H groups in total. The van der Waals surface area contributed by atoms with Gasteiger partial charge in [-0.1, -0.05) is 0 Å². The average molecular weight is 147 g/mol. The van der Waals surface area contributed by atoms with Gasteiger partial charge < -0.3 is 10.4 Å². The van der Waals surface area contributed by atoms with Gasteiger partial charge in [-0.2, -0.15) is 0 Å². The molecule has 1 fully saturated rings. The molecule has 0 heterocycles. The first-order valence-corrected chi connectivity index (χ1v) is 3.33. The lowest BCUT2D eigenvalue weighted by Gasteiger charge is -2.10. The Hall–Kier alpha value is -0.800. The van der Waals surface area contributed by atoms with E-state index < -0.39 is 18.3 Å². The molecule has 10 heavy (non-hydrogen) atoms. The minimum absolute atomic E-state index is 0.461. The number of rotatable bonds is 1. The van der Waals surface area contributed by atoms with Gasteiger partial charge in [0.05, 0.1) is 6.04 Å². The molecular formula is C6H10FNO2. The topological polar surface area (TPSA) is 49.3 Å².